The van der Waals surface area contributed by atoms with Crippen LogP contribution in [0.2, 0.25) is 5.02 Å². The number of halogens is 4. The van der Waals surface area contributed by atoms with Gasteiger partial charge in [-0.25, -0.2) is 4.79 Å². The van der Waals surface area contributed by atoms with Crippen molar-refractivity contribution in [2.24, 2.45) is 0 Å². The zero-order valence-corrected chi connectivity index (χ0v) is 12.6. The number of hydrogen-bond donors (Lipinski definition) is 2. The van der Waals surface area contributed by atoms with Crippen LogP contribution in [0, 0.1) is 0 Å². The van der Waals surface area contributed by atoms with Crippen molar-refractivity contribution in [1.29, 1.82) is 0 Å². The lowest BCUT2D eigenvalue weighted by molar-refractivity contribution is -0.317. The van der Waals surface area contributed by atoms with Crippen LogP contribution in [0.25, 0.3) is 0 Å². The molecule has 10 heteroatoms. The highest BCUT2D eigenvalue weighted by atomic mass is 35.5. The molecule has 0 saturated heterocycles. The van der Waals surface area contributed by atoms with E-state index in [2.05, 4.69) is 5.32 Å². The van der Waals surface area contributed by atoms with E-state index < -0.39 is 18.1 Å². The zero-order valence-electron chi connectivity index (χ0n) is 11.8. The maximum atomic E-state index is 13.4. The molecule has 24 heavy (non-hydrogen) atoms. The van der Waals surface area contributed by atoms with Crippen LogP contribution in [0.15, 0.2) is 41.0 Å². The molecule has 6 nitrogen and oxygen atoms in total. The summed E-state index contributed by atoms with van der Waals surface area (Å²) in [6, 6.07) is 5.70. The van der Waals surface area contributed by atoms with Crippen LogP contribution in [0.4, 0.5) is 18.0 Å². The Bertz CT molecular complexity index is 751. The number of carbonyl (C=O) groups excluding carboxylic acids is 1. The SMILES string of the molecule is O=C(NCc1ccco1)N[C@@]1(C(F)(F)F)Oc2ccc(Cl)cc2O1. The minimum Gasteiger partial charge on any atom is -0.467 e. The number of alkyl halides is 3. The predicted molar refractivity (Wildman–Crippen MR) is 75.6 cm³/mol. The number of benzene rings is 1. The number of urea groups is 1. The molecule has 2 heterocycles. The van der Waals surface area contributed by atoms with Crippen LogP contribution in [-0.4, -0.2) is 18.1 Å². The minimum absolute atomic E-state index is 0.106. The van der Waals surface area contributed by atoms with E-state index in [1.165, 1.54) is 18.4 Å². The smallest absolute Gasteiger partial charge is 0.467 e. The van der Waals surface area contributed by atoms with Gasteiger partial charge in [0.25, 0.3) is 0 Å². The molecule has 0 aliphatic carbocycles. The Hall–Kier alpha value is -2.55. The second kappa shape index (κ2) is 5.82. The van der Waals surface area contributed by atoms with Gasteiger partial charge in [-0.1, -0.05) is 11.6 Å². The Morgan fingerprint density at radius 2 is 1.96 bits per heavy atom. The second-order valence-electron chi connectivity index (χ2n) is 4.80. The van der Waals surface area contributed by atoms with Crippen molar-refractivity contribution in [3.63, 3.8) is 0 Å². The Kier molecular flexibility index (Phi) is 3.96. The fourth-order valence-electron chi connectivity index (χ4n) is 1.99. The number of amides is 2. The number of fused-ring (bicyclic) bond motifs is 1. The maximum absolute atomic E-state index is 13.4. The molecule has 1 aromatic heterocycles. The molecule has 1 aliphatic heterocycles. The molecule has 3 rings (SSSR count). The summed E-state index contributed by atoms with van der Waals surface area (Å²) in [4.78, 5) is 11.8. The summed E-state index contributed by atoms with van der Waals surface area (Å²) in [6.07, 6.45) is -3.67. The third-order valence-corrected chi connectivity index (χ3v) is 3.30. The number of carbonyl (C=O) groups is 1. The zero-order chi connectivity index (χ0) is 17.4. The van der Waals surface area contributed by atoms with Crippen molar-refractivity contribution in [3.05, 3.63) is 47.4 Å². The third-order valence-electron chi connectivity index (χ3n) is 3.07. The molecule has 2 aromatic rings. The van der Waals surface area contributed by atoms with Crippen LogP contribution >= 0.6 is 11.6 Å². The molecular formula is C14H10ClF3N2O4. The van der Waals surface area contributed by atoms with Gasteiger partial charge < -0.3 is 19.2 Å². The summed E-state index contributed by atoms with van der Waals surface area (Å²) in [5.74, 6) is -3.39. The molecular weight excluding hydrogens is 353 g/mol. The molecule has 0 fully saturated rings. The summed E-state index contributed by atoms with van der Waals surface area (Å²) in [7, 11) is 0. The van der Waals surface area contributed by atoms with Gasteiger partial charge in [0.05, 0.1) is 12.8 Å². The molecule has 0 bridgehead atoms. The second-order valence-corrected chi connectivity index (χ2v) is 5.23. The van der Waals surface area contributed by atoms with Gasteiger partial charge in [-0.2, -0.15) is 13.2 Å². The van der Waals surface area contributed by atoms with E-state index in [1.54, 1.807) is 17.4 Å². The first-order valence-electron chi connectivity index (χ1n) is 6.62. The number of rotatable bonds is 3. The summed E-state index contributed by atoms with van der Waals surface area (Å²) < 4.78 is 54.8. The van der Waals surface area contributed by atoms with Crippen molar-refractivity contribution in [3.8, 4) is 11.5 Å². The molecule has 0 unspecified atom stereocenters. The predicted octanol–water partition coefficient (Wildman–Crippen LogP) is 3.42. The van der Waals surface area contributed by atoms with Gasteiger partial charge in [-0.05, 0) is 24.3 Å². The van der Waals surface area contributed by atoms with Crippen molar-refractivity contribution < 1.29 is 31.9 Å². The lowest BCUT2D eigenvalue weighted by atomic mass is 10.3. The monoisotopic (exact) mass is 362 g/mol. The van der Waals surface area contributed by atoms with Gasteiger partial charge in [-0.3, -0.25) is 5.32 Å². The quantitative estimate of drug-likeness (QED) is 0.877. The first-order chi connectivity index (χ1) is 11.3. The van der Waals surface area contributed by atoms with Crippen molar-refractivity contribution in [1.82, 2.24) is 10.6 Å². The van der Waals surface area contributed by atoms with Gasteiger partial charge in [0.1, 0.15) is 5.76 Å². The molecule has 2 N–H and O–H groups in total. The topological polar surface area (TPSA) is 72.7 Å². The van der Waals surface area contributed by atoms with Gasteiger partial charge in [-0.15, -0.1) is 0 Å². The Morgan fingerprint density at radius 1 is 1.21 bits per heavy atom. The van der Waals surface area contributed by atoms with Gasteiger partial charge in [0.2, 0.25) is 0 Å². The number of hydrogen-bond acceptors (Lipinski definition) is 4. The first-order valence-corrected chi connectivity index (χ1v) is 6.99. The van der Waals surface area contributed by atoms with Crippen molar-refractivity contribution in [2.45, 2.75) is 18.6 Å². The van der Waals surface area contributed by atoms with E-state index in [1.807, 2.05) is 0 Å². The molecule has 128 valence electrons. The van der Waals surface area contributed by atoms with E-state index >= 15 is 0 Å². The summed E-state index contributed by atoms with van der Waals surface area (Å²) in [5, 5.41) is 4.04. The van der Waals surface area contributed by atoms with Crippen molar-refractivity contribution in [2.75, 3.05) is 0 Å². The largest absolute Gasteiger partial charge is 0.492 e. The van der Waals surface area contributed by atoms with E-state index in [4.69, 9.17) is 25.5 Å². The van der Waals surface area contributed by atoms with Gasteiger partial charge >= 0.3 is 18.1 Å². The van der Waals surface area contributed by atoms with Gasteiger partial charge in [0.15, 0.2) is 11.5 Å². The Labute approximate surface area is 138 Å². The fourth-order valence-corrected chi connectivity index (χ4v) is 2.15. The maximum Gasteiger partial charge on any atom is 0.492 e. The molecule has 0 radical (unpaired) electrons. The lowest BCUT2D eigenvalue weighted by Crippen LogP contribution is -2.66. The average molecular weight is 363 g/mol. The summed E-state index contributed by atoms with van der Waals surface area (Å²) in [6.45, 7) is -0.106. The Morgan fingerprint density at radius 3 is 2.62 bits per heavy atom. The molecule has 0 spiro atoms. The number of furan rings is 1. The highest BCUT2D eigenvalue weighted by Crippen LogP contribution is 2.45. The normalized spacial score (nSPS) is 19.2. The summed E-state index contributed by atoms with van der Waals surface area (Å²) in [5.41, 5.74) is 0. The lowest BCUT2D eigenvalue weighted by Gasteiger charge is -2.29. The summed E-state index contributed by atoms with van der Waals surface area (Å²) >= 11 is 5.72. The fraction of sp³-hybridized carbons (Fsp3) is 0.214. The molecule has 2 amide bonds. The van der Waals surface area contributed by atoms with Crippen molar-refractivity contribution >= 4 is 17.6 Å². The highest BCUT2D eigenvalue weighted by molar-refractivity contribution is 6.30. The van der Waals surface area contributed by atoms with Crippen LogP contribution in [0.1, 0.15) is 5.76 Å². The molecule has 0 saturated carbocycles. The third kappa shape index (κ3) is 3.07. The molecule has 1 aromatic carbocycles. The number of ether oxygens (including phenoxy) is 2. The van der Waals surface area contributed by atoms with Crippen LogP contribution in [0.5, 0.6) is 11.5 Å². The standard InChI is InChI=1S/C14H10ClF3N2O4/c15-8-3-4-10-11(6-8)24-14(23-10,13(16,17)18)20-12(21)19-7-9-2-1-5-22-9/h1-6H,7H2,(H2,19,20,21)/t14-/m0/s1. The molecule has 1 aliphatic rings. The highest BCUT2D eigenvalue weighted by Gasteiger charge is 2.65. The van der Waals surface area contributed by atoms with Crippen LogP contribution in [-0.2, 0) is 6.54 Å². The first kappa shape index (κ1) is 16.3. The molecule has 1 atom stereocenters. The van der Waals surface area contributed by atoms with E-state index in [9.17, 15) is 18.0 Å². The Balaban J connectivity index is 1.75. The van der Waals surface area contributed by atoms with E-state index in [0.717, 1.165) is 6.07 Å². The van der Waals surface area contributed by atoms with E-state index in [-0.39, 0.29) is 23.1 Å². The van der Waals surface area contributed by atoms with E-state index in [0.29, 0.717) is 5.76 Å². The minimum atomic E-state index is -5.04. The average Bonchev–Trinajstić information content (AvgIpc) is 3.11. The van der Waals surface area contributed by atoms with Crippen LogP contribution < -0.4 is 20.1 Å². The van der Waals surface area contributed by atoms with Gasteiger partial charge in [0, 0.05) is 11.1 Å². The number of nitrogens with one attached hydrogen (secondary N) is 2. The van der Waals surface area contributed by atoms with Crippen LogP contribution in [0.3, 0.4) is 0 Å².